The molecule has 2 aromatic carbocycles. The van der Waals surface area contributed by atoms with Crippen molar-refractivity contribution in [1.29, 1.82) is 0 Å². The fourth-order valence-electron chi connectivity index (χ4n) is 4.65. The first-order valence-corrected chi connectivity index (χ1v) is 9.73. The van der Waals surface area contributed by atoms with Gasteiger partial charge in [-0.2, -0.15) is 0 Å². The zero-order chi connectivity index (χ0) is 21.0. The average Bonchev–Trinajstić information content (AvgIpc) is 3.34. The molecule has 0 saturated carbocycles. The van der Waals surface area contributed by atoms with Crippen molar-refractivity contribution in [2.45, 2.75) is 18.6 Å². The molecule has 0 spiro atoms. The molecule has 8 nitrogen and oxygen atoms in total. The van der Waals surface area contributed by atoms with E-state index in [0.717, 1.165) is 29.8 Å². The first-order valence-electron chi connectivity index (χ1n) is 9.73. The first kappa shape index (κ1) is 18.9. The number of benzene rings is 2. The monoisotopic (exact) mass is 413 g/mol. The normalized spacial score (nSPS) is 21.7. The molecule has 2 atom stereocenters. The number of carbonyl (C=O) groups excluding carboxylic acids is 1. The standard InChI is InChI=1S/C22H23NO7/c1-23-6-5-11-7-14-15(29-10-28-14)8-12(11)18(23)20-17-13(22(24)30-20)9-16(25-2)19(26-3)21(17)27-4/h7-9,18,20H,5-6,10H2,1-4H3. The van der Waals surface area contributed by atoms with Crippen LogP contribution in [0, 0.1) is 0 Å². The number of hydrogen-bond acceptors (Lipinski definition) is 8. The Bertz CT molecular complexity index is 1030. The minimum absolute atomic E-state index is 0.208. The minimum atomic E-state index is -0.563. The van der Waals surface area contributed by atoms with Crippen LogP contribution in [-0.4, -0.2) is 52.6 Å². The van der Waals surface area contributed by atoms with Gasteiger partial charge in [-0.1, -0.05) is 0 Å². The van der Waals surface area contributed by atoms with E-state index in [1.165, 1.54) is 7.11 Å². The van der Waals surface area contributed by atoms with Crippen LogP contribution in [0.1, 0.15) is 39.2 Å². The second-order valence-electron chi connectivity index (χ2n) is 7.51. The largest absolute Gasteiger partial charge is 0.493 e. The van der Waals surface area contributed by atoms with Crippen molar-refractivity contribution < 1.29 is 33.2 Å². The van der Waals surface area contributed by atoms with E-state index >= 15 is 0 Å². The van der Waals surface area contributed by atoms with Crippen LogP contribution in [0.3, 0.4) is 0 Å². The number of esters is 1. The predicted molar refractivity (Wildman–Crippen MR) is 106 cm³/mol. The lowest BCUT2D eigenvalue weighted by Gasteiger charge is -2.38. The van der Waals surface area contributed by atoms with E-state index in [2.05, 4.69) is 4.90 Å². The SMILES string of the molecule is COc1cc2c(c(OC)c1OC)C(C1c3cc4c(cc3CCN1C)OCO4)OC2=O. The van der Waals surface area contributed by atoms with Crippen LogP contribution in [0.25, 0.3) is 0 Å². The second kappa shape index (κ2) is 6.98. The highest BCUT2D eigenvalue weighted by Crippen LogP contribution is 2.54. The van der Waals surface area contributed by atoms with Crippen molar-refractivity contribution in [3.05, 3.63) is 40.5 Å². The Morgan fingerprint density at radius 1 is 1.00 bits per heavy atom. The number of carbonyl (C=O) groups is 1. The van der Waals surface area contributed by atoms with E-state index in [4.69, 9.17) is 28.4 Å². The van der Waals surface area contributed by atoms with Crippen molar-refractivity contribution in [2.24, 2.45) is 0 Å². The number of likely N-dealkylation sites (N-methyl/N-ethyl adjacent to an activating group) is 1. The maximum atomic E-state index is 12.8. The van der Waals surface area contributed by atoms with Crippen molar-refractivity contribution >= 4 is 5.97 Å². The third-order valence-corrected chi connectivity index (χ3v) is 6.06. The lowest BCUT2D eigenvalue weighted by molar-refractivity contribution is 0.00887. The van der Waals surface area contributed by atoms with E-state index < -0.39 is 12.1 Å². The van der Waals surface area contributed by atoms with E-state index in [1.807, 2.05) is 19.2 Å². The Hall–Kier alpha value is -3.13. The molecule has 0 fully saturated rings. The quantitative estimate of drug-likeness (QED) is 0.709. The number of cyclic esters (lactones) is 1. The van der Waals surface area contributed by atoms with Gasteiger partial charge in [0.25, 0.3) is 0 Å². The van der Waals surface area contributed by atoms with Crippen LogP contribution in [-0.2, 0) is 11.2 Å². The van der Waals surface area contributed by atoms with Gasteiger partial charge in [0.1, 0.15) is 0 Å². The highest BCUT2D eigenvalue weighted by atomic mass is 16.7. The molecule has 30 heavy (non-hydrogen) atoms. The smallest absolute Gasteiger partial charge is 0.339 e. The minimum Gasteiger partial charge on any atom is -0.493 e. The molecular formula is C22H23NO7. The van der Waals surface area contributed by atoms with Crippen LogP contribution in [0.2, 0.25) is 0 Å². The van der Waals surface area contributed by atoms with E-state index in [1.54, 1.807) is 20.3 Å². The molecule has 2 unspecified atom stereocenters. The van der Waals surface area contributed by atoms with Crippen LogP contribution in [0.4, 0.5) is 0 Å². The van der Waals surface area contributed by atoms with Gasteiger partial charge in [0.2, 0.25) is 12.5 Å². The summed E-state index contributed by atoms with van der Waals surface area (Å²) in [4.78, 5) is 15.0. The molecule has 2 aromatic rings. The fraction of sp³-hybridized carbons (Fsp3) is 0.409. The molecule has 0 bridgehead atoms. The summed E-state index contributed by atoms with van der Waals surface area (Å²) in [5, 5.41) is 0. The average molecular weight is 413 g/mol. The lowest BCUT2D eigenvalue weighted by Crippen LogP contribution is -2.36. The lowest BCUT2D eigenvalue weighted by atomic mass is 9.86. The summed E-state index contributed by atoms with van der Waals surface area (Å²) in [6.45, 7) is 1.03. The molecular weight excluding hydrogens is 390 g/mol. The van der Waals surface area contributed by atoms with Crippen LogP contribution < -0.4 is 23.7 Å². The van der Waals surface area contributed by atoms with Gasteiger partial charge < -0.3 is 28.4 Å². The van der Waals surface area contributed by atoms with Gasteiger partial charge in [-0.3, -0.25) is 4.90 Å². The van der Waals surface area contributed by atoms with Crippen LogP contribution in [0.5, 0.6) is 28.7 Å². The van der Waals surface area contributed by atoms with Crippen LogP contribution >= 0.6 is 0 Å². The fourth-order valence-corrected chi connectivity index (χ4v) is 4.65. The molecule has 0 radical (unpaired) electrons. The van der Waals surface area contributed by atoms with Gasteiger partial charge in [0, 0.05) is 6.54 Å². The van der Waals surface area contributed by atoms with Gasteiger partial charge in [-0.25, -0.2) is 4.79 Å². The topological polar surface area (TPSA) is 75.7 Å². The molecule has 0 amide bonds. The van der Waals surface area contributed by atoms with E-state index in [0.29, 0.717) is 34.1 Å². The molecule has 3 heterocycles. The Kier molecular flexibility index (Phi) is 4.39. The summed E-state index contributed by atoms with van der Waals surface area (Å²) in [7, 11) is 6.64. The van der Waals surface area contributed by atoms with Crippen LogP contribution in [0.15, 0.2) is 18.2 Å². The summed E-state index contributed by atoms with van der Waals surface area (Å²) < 4.78 is 33.7. The Balaban J connectivity index is 1.68. The maximum Gasteiger partial charge on any atom is 0.339 e. The highest BCUT2D eigenvalue weighted by molar-refractivity contribution is 5.96. The molecule has 0 N–H and O–H groups in total. The summed E-state index contributed by atoms with van der Waals surface area (Å²) in [6, 6.07) is 5.47. The second-order valence-corrected chi connectivity index (χ2v) is 7.51. The summed E-state index contributed by atoms with van der Waals surface area (Å²) in [5.41, 5.74) is 3.31. The Labute approximate surface area is 174 Å². The number of methoxy groups -OCH3 is 3. The number of rotatable bonds is 4. The zero-order valence-corrected chi connectivity index (χ0v) is 17.3. The van der Waals surface area contributed by atoms with Crippen molar-refractivity contribution in [3.8, 4) is 28.7 Å². The zero-order valence-electron chi connectivity index (χ0n) is 17.3. The highest BCUT2D eigenvalue weighted by Gasteiger charge is 2.45. The van der Waals surface area contributed by atoms with Crippen molar-refractivity contribution in [3.63, 3.8) is 0 Å². The Morgan fingerprint density at radius 3 is 2.43 bits per heavy atom. The summed E-state index contributed by atoms with van der Waals surface area (Å²) >= 11 is 0. The molecule has 158 valence electrons. The van der Waals surface area contributed by atoms with Gasteiger partial charge in [-0.05, 0) is 42.8 Å². The van der Waals surface area contributed by atoms with Gasteiger partial charge in [0.15, 0.2) is 29.1 Å². The summed E-state index contributed by atoms with van der Waals surface area (Å²) in [6.07, 6.45) is 0.307. The molecule has 3 aliphatic heterocycles. The van der Waals surface area contributed by atoms with E-state index in [9.17, 15) is 4.79 Å². The molecule has 5 rings (SSSR count). The number of hydrogen-bond donors (Lipinski definition) is 0. The van der Waals surface area contributed by atoms with Gasteiger partial charge in [0.05, 0.1) is 38.5 Å². The molecule has 0 aromatic heterocycles. The molecule has 3 aliphatic rings. The number of nitrogens with zero attached hydrogens (tertiary/aromatic N) is 1. The Morgan fingerprint density at radius 2 is 1.73 bits per heavy atom. The van der Waals surface area contributed by atoms with Gasteiger partial charge >= 0.3 is 5.97 Å². The van der Waals surface area contributed by atoms with Crippen molar-refractivity contribution in [1.82, 2.24) is 4.90 Å². The maximum absolute atomic E-state index is 12.8. The molecule has 8 heteroatoms. The predicted octanol–water partition coefficient (Wildman–Crippen LogP) is 2.88. The molecule has 0 aliphatic carbocycles. The number of ether oxygens (including phenoxy) is 6. The van der Waals surface area contributed by atoms with E-state index in [-0.39, 0.29) is 12.8 Å². The third kappa shape index (κ3) is 2.60. The third-order valence-electron chi connectivity index (χ3n) is 6.06. The summed E-state index contributed by atoms with van der Waals surface area (Å²) in [5.74, 6) is 2.36. The number of fused-ring (bicyclic) bond motifs is 3. The van der Waals surface area contributed by atoms with Crippen molar-refractivity contribution in [2.75, 3.05) is 41.7 Å². The molecule has 0 saturated heterocycles. The van der Waals surface area contributed by atoms with Gasteiger partial charge in [-0.15, -0.1) is 0 Å². The first-order chi connectivity index (χ1) is 14.6.